The molecule has 130 valence electrons. The molecule has 3 aromatic rings. The smallest absolute Gasteiger partial charge is 0.223 e. The molecule has 1 aromatic carbocycles. The van der Waals surface area contributed by atoms with Gasteiger partial charge in [0.05, 0.1) is 15.4 Å². The summed E-state index contributed by atoms with van der Waals surface area (Å²) in [6.07, 6.45) is 0. The number of piperazine rings is 1. The number of hydrogen-bond donors (Lipinski definition) is 2. The summed E-state index contributed by atoms with van der Waals surface area (Å²) in [5, 5.41) is 2.01. The second kappa shape index (κ2) is 6.37. The maximum Gasteiger partial charge on any atom is 0.223 e. The van der Waals surface area contributed by atoms with Crippen molar-refractivity contribution < 1.29 is 0 Å². The standard InChI is InChI=1S/C17H18Cl2N6/c1-24-4-6-25(7-5-24)16-11-9-14(21-15(11)22-17(20)23-16)10-2-3-12(18)13(19)8-10/h2-3,8-9H,4-7H2,1H3,(H3,20,21,22,23). The van der Waals surface area contributed by atoms with Gasteiger partial charge in [-0.15, -0.1) is 0 Å². The van der Waals surface area contributed by atoms with Gasteiger partial charge >= 0.3 is 0 Å². The Kier molecular flexibility index (Phi) is 4.19. The van der Waals surface area contributed by atoms with Gasteiger partial charge in [0.1, 0.15) is 11.5 Å². The van der Waals surface area contributed by atoms with Crippen LogP contribution in [0.25, 0.3) is 22.3 Å². The van der Waals surface area contributed by atoms with E-state index in [1.807, 2.05) is 18.2 Å². The lowest BCUT2D eigenvalue weighted by atomic mass is 10.1. The SMILES string of the molecule is CN1CCN(c2nc(N)nc3[nH]c(-c4ccc(Cl)c(Cl)c4)cc23)CC1. The minimum absolute atomic E-state index is 0.268. The number of likely N-dealkylation sites (N-methyl/N-ethyl adjacent to an activating group) is 1. The summed E-state index contributed by atoms with van der Waals surface area (Å²) in [6.45, 7) is 3.82. The van der Waals surface area contributed by atoms with E-state index >= 15 is 0 Å². The molecule has 3 N–H and O–H groups in total. The van der Waals surface area contributed by atoms with Crippen molar-refractivity contribution in [3.63, 3.8) is 0 Å². The molecular formula is C17H18Cl2N6. The number of anilines is 2. The van der Waals surface area contributed by atoms with Gasteiger partial charge < -0.3 is 20.5 Å². The predicted molar refractivity (Wildman–Crippen MR) is 103 cm³/mol. The normalized spacial score (nSPS) is 15.9. The summed E-state index contributed by atoms with van der Waals surface area (Å²) >= 11 is 12.2. The van der Waals surface area contributed by atoms with Crippen molar-refractivity contribution in [2.75, 3.05) is 43.9 Å². The molecule has 3 heterocycles. The molecule has 4 rings (SSSR count). The molecule has 0 radical (unpaired) electrons. The number of nitrogens with zero attached hydrogens (tertiary/aromatic N) is 4. The van der Waals surface area contributed by atoms with Crippen molar-refractivity contribution in [1.82, 2.24) is 19.9 Å². The molecule has 25 heavy (non-hydrogen) atoms. The third kappa shape index (κ3) is 3.13. The Morgan fingerprint density at radius 3 is 2.52 bits per heavy atom. The molecule has 0 amide bonds. The van der Waals surface area contributed by atoms with Crippen molar-refractivity contribution in [3.05, 3.63) is 34.3 Å². The van der Waals surface area contributed by atoms with E-state index in [1.165, 1.54) is 0 Å². The van der Waals surface area contributed by atoms with Gasteiger partial charge in [0.25, 0.3) is 0 Å². The number of hydrogen-bond acceptors (Lipinski definition) is 5. The zero-order chi connectivity index (χ0) is 17.6. The van der Waals surface area contributed by atoms with Gasteiger partial charge in [-0.1, -0.05) is 29.3 Å². The van der Waals surface area contributed by atoms with Crippen LogP contribution in [0.4, 0.5) is 11.8 Å². The number of benzene rings is 1. The quantitative estimate of drug-likeness (QED) is 0.717. The number of nitrogens with one attached hydrogen (secondary N) is 1. The number of fused-ring (bicyclic) bond motifs is 1. The Labute approximate surface area is 155 Å². The van der Waals surface area contributed by atoms with Crippen LogP contribution in [0.15, 0.2) is 24.3 Å². The molecule has 1 aliphatic heterocycles. The second-order valence-electron chi connectivity index (χ2n) is 6.27. The Morgan fingerprint density at radius 1 is 1.04 bits per heavy atom. The molecule has 0 atom stereocenters. The summed E-state index contributed by atoms with van der Waals surface area (Å²) in [4.78, 5) is 16.7. The molecule has 0 unspecified atom stereocenters. The Hall–Kier alpha value is -2.02. The van der Waals surface area contributed by atoms with Crippen LogP contribution in [-0.2, 0) is 0 Å². The van der Waals surface area contributed by atoms with Crippen molar-refractivity contribution in [1.29, 1.82) is 0 Å². The molecule has 0 bridgehead atoms. The molecule has 1 fully saturated rings. The first-order valence-electron chi connectivity index (χ1n) is 8.06. The van der Waals surface area contributed by atoms with E-state index in [1.54, 1.807) is 6.07 Å². The van der Waals surface area contributed by atoms with E-state index in [2.05, 4.69) is 31.8 Å². The summed E-state index contributed by atoms with van der Waals surface area (Å²) in [5.41, 5.74) is 8.50. The van der Waals surface area contributed by atoms with E-state index in [9.17, 15) is 0 Å². The lowest BCUT2D eigenvalue weighted by Crippen LogP contribution is -2.45. The number of halogens is 2. The van der Waals surface area contributed by atoms with Crippen LogP contribution in [0.3, 0.4) is 0 Å². The Bertz CT molecular complexity index is 930. The lowest BCUT2D eigenvalue weighted by molar-refractivity contribution is 0.312. The van der Waals surface area contributed by atoms with Crippen molar-refractivity contribution in [2.24, 2.45) is 0 Å². The van der Waals surface area contributed by atoms with Gasteiger partial charge in [0.15, 0.2) is 0 Å². The van der Waals surface area contributed by atoms with Gasteiger partial charge in [-0.2, -0.15) is 9.97 Å². The van der Waals surface area contributed by atoms with E-state index < -0.39 is 0 Å². The fraction of sp³-hybridized carbons (Fsp3) is 0.294. The van der Waals surface area contributed by atoms with E-state index in [-0.39, 0.29) is 5.95 Å². The minimum atomic E-state index is 0.268. The topological polar surface area (TPSA) is 74.1 Å². The number of rotatable bonds is 2. The summed E-state index contributed by atoms with van der Waals surface area (Å²) in [5.74, 6) is 1.14. The van der Waals surface area contributed by atoms with Crippen LogP contribution in [0.2, 0.25) is 10.0 Å². The average molecular weight is 377 g/mol. The van der Waals surface area contributed by atoms with Crippen LogP contribution in [0.1, 0.15) is 0 Å². The summed E-state index contributed by atoms with van der Waals surface area (Å²) < 4.78 is 0. The number of aromatic amines is 1. The first-order valence-corrected chi connectivity index (χ1v) is 8.82. The molecule has 0 spiro atoms. The van der Waals surface area contributed by atoms with Crippen LogP contribution < -0.4 is 10.6 Å². The Morgan fingerprint density at radius 2 is 1.80 bits per heavy atom. The largest absolute Gasteiger partial charge is 0.368 e. The average Bonchev–Trinajstić information content (AvgIpc) is 3.01. The highest BCUT2D eigenvalue weighted by Crippen LogP contribution is 2.33. The number of nitrogen functional groups attached to an aromatic ring is 1. The molecule has 1 aliphatic rings. The zero-order valence-electron chi connectivity index (χ0n) is 13.8. The summed E-state index contributed by atoms with van der Waals surface area (Å²) in [6, 6.07) is 7.58. The number of aromatic nitrogens is 3. The third-order valence-corrected chi connectivity index (χ3v) is 5.26. The highest BCUT2D eigenvalue weighted by Gasteiger charge is 2.20. The van der Waals surface area contributed by atoms with Crippen molar-refractivity contribution in [2.45, 2.75) is 0 Å². The lowest BCUT2D eigenvalue weighted by Gasteiger charge is -2.33. The monoisotopic (exact) mass is 376 g/mol. The van der Waals surface area contributed by atoms with Gasteiger partial charge in [-0.25, -0.2) is 0 Å². The van der Waals surface area contributed by atoms with Crippen molar-refractivity contribution in [3.8, 4) is 11.3 Å². The molecule has 6 nitrogen and oxygen atoms in total. The maximum atomic E-state index is 6.15. The van der Waals surface area contributed by atoms with Crippen LogP contribution >= 0.6 is 23.2 Å². The molecule has 0 saturated carbocycles. The van der Waals surface area contributed by atoms with Crippen molar-refractivity contribution >= 4 is 46.0 Å². The number of H-pyrrole nitrogens is 1. The predicted octanol–water partition coefficient (Wildman–Crippen LogP) is 3.27. The van der Waals surface area contributed by atoms with E-state index in [4.69, 9.17) is 28.9 Å². The molecule has 2 aromatic heterocycles. The van der Waals surface area contributed by atoms with Crippen LogP contribution in [0.5, 0.6) is 0 Å². The zero-order valence-corrected chi connectivity index (χ0v) is 15.3. The highest BCUT2D eigenvalue weighted by molar-refractivity contribution is 6.42. The van der Waals surface area contributed by atoms with Gasteiger partial charge in [0.2, 0.25) is 5.95 Å². The van der Waals surface area contributed by atoms with Gasteiger partial charge in [-0.3, -0.25) is 0 Å². The number of nitrogens with two attached hydrogens (primary N) is 1. The first kappa shape index (κ1) is 16.4. The highest BCUT2D eigenvalue weighted by atomic mass is 35.5. The third-order valence-electron chi connectivity index (χ3n) is 4.52. The molecule has 8 heteroatoms. The minimum Gasteiger partial charge on any atom is -0.368 e. The van der Waals surface area contributed by atoms with E-state index in [0.29, 0.717) is 10.0 Å². The summed E-state index contributed by atoms with van der Waals surface area (Å²) in [7, 11) is 2.12. The fourth-order valence-corrected chi connectivity index (χ4v) is 3.39. The van der Waals surface area contributed by atoms with Crippen LogP contribution in [0, 0.1) is 0 Å². The molecular weight excluding hydrogens is 359 g/mol. The second-order valence-corrected chi connectivity index (χ2v) is 7.08. The fourth-order valence-electron chi connectivity index (χ4n) is 3.09. The van der Waals surface area contributed by atoms with Gasteiger partial charge in [-0.05, 0) is 30.8 Å². The van der Waals surface area contributed by atoms with Gasteiger partial charge in [0, 0.05) is 31.9 Å². The molecule has 1 saturated heterocycles. The van der Waals surface area contributed by atoms with Crippen LogP contribution in [-0.4, -0.2) is 53.1 Å². The first-order chi connectivity index (χ1) is 12.0. The Balaban J connectivity index is 1.79. The molecule has 0 aliphatic carbocycles. The van der Waals surface area contributed by atoms with E-state index in [0.717, 1.165) is 54.3 Å². The maximum absolute atomic E-state index is 6.15.